The number of hydrogen-bond donors (Lipinski definition) is 0. The molecule has 0 atom stereocenters. The van der Waals surface area contributed by atoms with Crippen LogP contribution >= 0.6 is 11.3 Å². The third-order valence-corrected chi connectivity index (χ3v) is 16.1. The summed E-state index contributed by atoms with van der Waals surface area (Å²) in [6.07, 6.45) is 0. The maximum absolute atomic E-state index is 2.52. The summed E-state index contributed by atoms with van der Waals surface area (Å²) in [6.45, 7) is 8.90. The first-order chi connectivity index (χ1) is 33.8. The topological polar surface area (TPSA) is 6.48 Å². The van der Waals surface area contributed by atoms with Crippen LogP contribution in [0.5, 0.6) is 0 Å². The number of anilines is 6. The van der Waals surface area contributed by atoms with Crippen LogP contribution in [0.25, 0.3) is 20.2 Å². The van der Waals surface area contributed by atoms with E-state index < -0.39 is 10.8 Å². The fourth-order valence-corrected chi connectivity index (χ4v) is 13.1. The first kappa shape index (κ1) is 41.2. The van der Waals surface area contributed by atoms with Crippen LogP contribution in [0.15, 0.2) is 231 Å². The van der Waals surface area contributed by atoms with Gasteiger partial charge in [-0.1, -0.05) is 192 Å². The molecule has 0 aliphatic carbocycles. The lowest BCUT2D eigenvalue weighted by Gasteiger charge is -2.47. The molecule has 0 amide bonds. The van der Waals surface area contributed by atoms with Crippen molar-refractivity contribution in [2.24, 2.45) is 0 Å². The highest BCUT2D eigenvalue weighted by Gasteiger charge is 2.48. The van der Waals surface area contributed by atoms with E-state index in [1.807, 2.05) is 11.3 Å². The molecule has 3 heteroatoms. The molecule has 0 radical (unpaired) electrons. The summed E-state index contributed by atoms with van der Waals surface area (Å²) in [6, 6.07) is 87.0. The molecule has 2 aliphatic heterocycles. The van der Waals surface area contributed by atoms with Crippen molar-refractivity contribution in [2.45, 2.75) is 38.5 Å². The van der Waals surface area contributed by atoms with Gasteiger partial charge in [0.1, 0.15) is 0 Å². The monoisotopic (exact) mass is 902 g/mol. The van der Waals surface area contributed by atoms with Gasteiger partial charge in [-0.3, -0.25) is 0 Å². The van der Waals surface area contributed by atoms with Gasteiger partial charge in [0.25, 0.3) is 0 Å². The SMILES string of the molecule is Cc1ccc2c(c1)C(c1ccccc1)(c1ccccc1)c1cc(C)ccc1N2c1ccc2sc3ccc(N4c5ccc(C)cc5C(c5ccccc5)(c5ccccc5)c5cc(C)ccc54)cc3c2c1. The van der Waals surface area contributed by atoms with Gasteiger partial charge in [0, 0.05) is 31.5 Å². The van der Waals surface area contributed by atoms with Gasteiger partial charge in [-0.2, -0.15) is 0 Å². The van der Waals surface area contributed by atoms with Gasteiger partial charge in [0.05, 0.1) is 33.6 Å². The second kappa shape index (κ2) is 15.8. The summed E-state index contributed by atoms with van der Waals surface area (Å²) < 4.78 is 2.55. The summed E-state index contributed by atoms with van der Waals surface area (Å²) in [7, 11) is 0. The molecule has 2 aliphatic rings. The lowest BCUT2D eigenvalue weighted by Crippen LogP contribution is -2.38. The van der Waals surface area contributed by atoms with E-state index in [9.17, 15) is 0 Å². The fourth-order valence-electron chi connectivity index (χ4n) is 12.0. The van der Waals surface area contributed by atoms with E-state index in [1.54, 1.807) is 0 Å². The average molecular weight is 903 g/mol. The van der Waals surface area contributed by atoms with Crippen LogP contribution in [-0.2, 0) is 10.8 Å². The van der Waals surface area contributed by atoms with Crippen molar-refractivity contribution >= 4 is 65.6 Å². The smallest absolute Gasteiger partial charge is 0.0742 e. The third kappa shape index (κ3) is 6.10. The van der Waals surface area contributed by atoms with Crippen molar-refractivity contribution in [3.63, 3.8) is 0 Å². The van der Waals surface area contributed by atoms with Gasteiger partial charge in [-0.15, -0.1) is 11.3 Å². The first-order valence-electron chi connectivity index (χ1n) is 24.1. The van der Waals surface area contributed by atoms with E-state index >= 15 is 0 Å². The Balaban J connectivity index is 1.03. The third-order valence-electron chi connectivity index (χ3n) is 15.0. The number of aryl methyl sites for hydroxylation is 4. The van der Waals surface area contributed by atoms with E-state index in [4.69, 9.17) is 0 Å². The van der Waals surface area contributed by atoms with E-state index in [-0.39, 0.29) is 0 Å². The molecule has 13 rings (SSSR count). The Morgan fingerprint density at radius 2 is 0.565 bits per heavy atom. The predicted molar refractivity (Wildman–Crippen MR) is 291 cm³/mol. The molecule has 330 valence electrons. The molecule has 2 nitrogen and oxygen atoms in total. The van der Waals surface area contributed by atoms with Gasteiger partial charge in [0.15, 0.2) is 0 Å². The molecular formula is C66H50N2S. The van der Waals surface area contributed by atoms with Crippen LogP contribution in [-0.4, -0.2) is 0 Å². The molecule has 0 spiro atoms. The number of hydrogen-bond acceptors (Lipinski definition) is 3. The summed E-state index contributed by atoms with van der Waals surface area (Å²) in [5.74, 6) is 0. The molecule has 0 unspecified atom stereocenters. The first-order valence-corrected chi connectivity index (χ1v) is 24.9. The number of thiophene rings is 1. The van der Waals surface area contributed by atoms with E-state index in [0.29, 0.717) is 0 Å². The van der Waals surface area contributed by atoms with E-state index in [0.717, 1.165) is 11.4 Å². The second-order valence-electron chi connectivity index (χ2n) is 19.2. The zero-order valence-corrected chi connectivity index (χ0v) is 40.1. The van der Waals surface area contributed by atoms with Crippen molar-refractivity contribution in [1.29, 1.82) is 0 Å². The van der Waals surface area contributed by atoms with Crippen LogP contribution in [0.4, 0.5) is 34.1 Å². The minimum Gasteiger partial charge on any atom is -0.310 e. The normalized spacial score (nSPS) is 14.3. The van der Waals surface area contributed by atoms with Crippen LogP contribution in [0.2, 0.25) is 0 Å². The lowest BCUT2D eigenvalue weighted by molar-refractivity contribution is 0.729. The van der Waals surface area contributed by atoms with Crippen molar-refractivity contribution < 1.29 is 0 Å². The van der Waals surface area contributed by atoms with Crippen molar-refractivity contribution in [2.75, 3.05) is 9.80 Å². The second-order valence-corrected chi connectivity index (χ2v) is 20.3. The molecule has 0 saturated carbocycles. The van der Waals surface area contributed by atoms with E-state index in [2.05, 4.69) is 268 Å². The zero-order valence-electron chi connectivity index (χ0n) is 39.2. The van der Waals surface area contributed by atoms with Crippen LogP contribution in [0, 0.1) is 27.7 Å². The minimum atomic E-state index is -0.535. The largest absolute Gasteiger partial charge is 0.310 e. The molecular weight excluding hydrogens is 853 g/mol. The van der Waals surface area contributed by atoms with Crippen molar-refractivity contribution in [3.05, 3.63) is 297 Å². The Bertz CT molecular complexity index is 3340. The molecule has 11 aromatic rings. The van der Waals surface area contributed by atoms with Gasteiger partial charge in [0.2, 0.25) is 0 Å². The Labute approximate surface area is 409 Å². The lowest BCUT2D eigenvalue weighted by atomic mass is 9.62. The maximum atomic E-state index is 2.52. The van der Waals surface area contributed by atoms with Gasteiger partial charge in [-0.05, 0) is 133 Å². The molecule has 3 heterocycles. The Kier molecular flexibility index (Phi) is 9.44. The molecule has 10 aromatic carbocycles. The van der Waals surface area contributed by atoms with Gasteiger partial charge in [-0.25, -0.2) is 0 Å². The van der Waals surface area contributed by atoms with Crippen molar-refractivity contribution in [1.82, 2.24) is 0 Å². The number of benzene rings is 10. The molecule has 1 aromatic heterocycles. The number of fused-ring (bicyclic) bond motifs is 7. The quantitative estimate of drug-likeness (QED) is 0.164. The highest BCUT2D eigenvalue weighted by molar-refractivity contribution is 7.25. The molecule has 0 saturated heterocycles. The minimum absolute atomic E-state index is 0.535. The number of rotatable bonds is 6. The molecule has 0 bridgehead atoms. The molecule has 69 heavy (non-hydrogen) atoms. The zero-order chi connectivity index (χ0) is 46.4. The maximum Gasteiger partial charge on any atom is 0.0742 e. The fraction of sp³-hybridized carbons (Fsp3) is 0.0909. The van der Waals surface area contributed by atoms with Crippen molar-refractivity contribution in [3.8, 4) is 0 Å². The van der Waals surface area contributed by atoms with Crippen LogP contribution in [0.3, 0.4) is 0 Å². The highest BCUT2D eigenvalue weighted by atomic mass is 32.1. The predicted octanol–water partition coefficient (Wildman–Crippen LogP) is 17.6. The summed E-state index contributed by atoms with van der Waals surface area (Å²) >= 11 is 1.87. The summed E-state index contributed by atoms with van der Waals surface area (Å²) in [5, 5.41) is 2.51. The average Bonchev–Trinajstić information content (AvgIpc) is 3.75. The number of nitrogens with zero attached hydrogens (tertiary/aromatic N) is 2. The Hall–Kier alpha value is -7.98. The Morgan fingerprint density at radius 3 is 0.841 bits per heavy atom. The van der Waals surface area contributed by atoms with Gasteiger partial charge >= 0.3 is 0 Å². The van der Waals surface area contributed by atoms with E-state index in [1.165, 1.54) is 110 Å². The van der Waals surface area contributed by atoms with Crippen LogP contribution < -0.4 is 9.80 Å². The molecule has 0 N–H and O–H groups in total. The summed E-state index contributed by atoms with van der Waals surface area (Å²) in [5.41, 5.74) is 21.1. The molecule has 0 fully saturated rings. The van der Waals surface area contributed by atoms with Gasteiger partial charge < -0.3 is 9.80 Å². The standard InChI is InChI=1S/C66H50N2S/c1-43-25-31-59-55(37-43)65(47-17-9-5-10-18-47,48-19-11-6-12-20-48)56-38-44(2)26-32-60(56)67(59)51-29-35-63-53(41-51)54-42-52(30-36-64(54)69-63)68-61-33-27-45(3)39-57(61)66(49-21-13-7-14-22-49,50-23-15-8-16-24-50)58-40-46(4)28-34-62(58)68/h5-42H,1-4H3. The summed E-state index contributed by atoms with van der Waals surface area (Å²) in [4.78, 5) is 5.05. The highest BCUT2D eigenvalue weighted by Crippen LogP contribution is 2.60. The Morgan fingerprint density at radius 1 is 0.290 bits per heavy atom. The van der Waals surface area contributed by atoms with Crippen LogP contribution in [0.1, 0.15) is 66.8 Å².